The highest BCUT2D eigenvalue weighted by atomic mass is 16.1. The number of hydrogen-bond acceptors (Lipinski definition) is 2. The van der Waals surface area contributed by atoms with Gasteiger partial charge >= 0.3 is 0 Å². The van der Waals surface area contributed by atoms with Crippen molar-refractivity contribution in [3.8, 4) is 11.1 Å². The number of pyridine rings is 1. The summed E-state index contributed by atoms with van der Waals surface area (Å²) in [7, 11) is 0. The number of fused-ring (bicyclic) bond motifs is 1. The van der Waals surface area contributed by atoms with Crippen LogP contribution in [0.5, 0.6) is 0 Å². The molecule has 0 aliphatic heterocycles. The summed E-state index contributed by atoms with van der Waals surface area (Å²) in [6, 6.07) is 26.1. The van der Waals surface area contributed by atoms with Crippen molar-refractivity contribution in [2.75, 3.05) is 0 Å². The van der Waals surface area contributed by atoms with E-state index in [0.717, 1.165) is 38.9 Å². The molecular weight excluding hydrogens is 342 g/mol. The fourth-order valence-corrected chi connectivity index (χ4v) is 3.53. The van der Waals surface area contributed by atoms with Crippen LogP contribution in [0.25, 0.3) is 28.1 Å². The molecule has 0 fully saturated rings. The van der Waals surface area contributed by atoms with Gasteiger partial charge in [0.15, 0.2) is 5.78 Å². The van der Waals surface area contributed by atoms with Crippen LogP contribution in [0.4, 0.5) is 0 Å². The number of nitrogens with zero attached hydrogens (tertiary/aromatic N) is 1. The lowest BCUT2D eigenvalue weighted by atomic mass is 9.91. The smallest absolute Gasteiger partial charge is 0.188 e. The quantitative estimate of drug-likeness (QED) is 0.309. The van der Waals surface area contributed by atoms with Gasteiger partial charge in [-0.05, 0) is 43.2 Å². The minimum absolute atomic E-state index is 0.0314. The first-order valence-corrected chi connectivity index (χ1v) is 9.37. The van der Waals surface area contributed by atoms with Crippen LogP contribution in [0.2, 0.25) is 0 Å². The van der Waals surface area contributed by atoms with E-state index in [0.29, 0.717) is 5.56 Å². The van der Waals surface area contributed by atoms with Crippen LogP contribution < -0.4 is 0 Å². The average Bonchev–Trinajstić information content (AvgIpc) is 2.73. The number of benzene rings is 3. The van der Waals surface area contributed by atoms with Gasteiger partial charge in [0.2, 0.25) is 0 Å². The second-order valence-electron chi connectivity index (χ2n) is 6.94. The van der Waals surface area contributed by atoms with Crippen molar-refractivity contribution in [2.24, 2.45) is 0 Å². The largest absolute Gasteiger partial charge is 0.289 e. The van der Waals surface area contributed by atoms with Crippen LogP contribution in [0, 0.1) is 13.8 Å². The molecule has 4 rings (SSSR count). The number of rotatable bonds is 4. The maximum atomic E-state index is 13.2. The van der Waals surface area contributed by atoms with E-state index in [-0.39, 0.29) is 5.78 Å². The van der Waals surface area contributed by atoms with Crippen LogP contribution in [0.1, 0.15) is 27.2 Å². The summed E-state index contributed by atoms with van der Waals surface area (Å²) < 4.78 is 0. The van der Waals surface area contributed by atoms with Crippen molar-refractivity contribution >= 4 is 22.8 Å². The molecule has 0 unspecified atom stereocenters. The molecule has 0 spiro atoms. The van der Waals surface area contributed by atoms with Gasteiger partial charge in [0, 0.05) is 16.6 Å². The summed E-state index contributed by atoms with van der Waals surface area (Å²) in [5.74, 6) is -0.0314. The molecule has 0 N–H and O–H groups in total. The van der Waals surface area contributed by atoms with Crippen molar-refractivity contribution in [3.63, 3.8) is 0 Å². The van der Waals surface area contributed by atoms with E-state index < -0.39 is 0 Å². The molecule has 0 amide bonds. The molecule has 0 bridgehead atoms. The van der Waals surface area contributed by atoms with Crippen LogP contribution in [-0.4, -0.2) is 10.8 Å². The van der Waals surface area contributed by atoms with Crippen molar-refractivity contribution in [1.82, 2.24) is 4.98 Å². The molecule has 2 nitrogen and oxygen atoms in total. The molecule has 3 aromatic carbocycles. The van der Waals surface area contributed by atoms with E-state index in [1.807, 2.05) is 79.7 Å². The summed E-state index contributed by atoms with van der Waals surface area (Å²) in [6.07, 6.45) is 3.50. The highest BCUT2D eigenvalue weighted by molar-refractivity contribution is 6.16. The molecular formula is C26H21NO. The average molecular weight is 363 g/mol. The lowest BCUT2D eigenvalue weighted by molar-refractivity contribution is 0.104. The summed E-state index contributed by atoms with van der Waals surface area (Å²) in [5, 5.41) is 1.01. The first-order valence-electron chi connectivity index (χ1n) is 9.37. The Kier molecular flexibility index (Phi) is 4.86. The Balaban J connectivity index is 1.93. The second kappa shape index (κ2) is 7.61. The predicted molar refractivity (Wildman–Crippen MR) is 116 cm³/mol. The molecule has 28 heavy (non-hydrogen) atoms. The molecule has 0 saturated carbocycles. The van der Waals surface area contributed by atoms with Crippen molar-refractivity contribution < 1.29 is 4.79 Å². The highest BCUT2D eigenvalue weighted by Gasteiger charge is 2.18. The van der Waals surface area contributed by atoms with Crippen LogP contribution >= 0.6 is 0 Å². The summed E-state index contributed by atoms with van der Waals surface area (Å²) in [4.78, 5) is 18.0. The topological polar surface area (TPSA) is 30.0 Å². The van der Waals surface area contributed by atoms with E-state index in [1.165, 1.54) is 0 Å². The minimum Gasteiger partial charge on any atom is -0.289 e. The Bertz CT molecular complexity index is 1180. The van der Waals surface area contributed by atoms with Gasteiger partial charge in [-0.25, -0.2) is 0 Å². The number of aryl methyl sites for hydroxylation is 2. The van der Waals surface area contributed by atoms with Crippen LogP contribution in [-0.2, 0) is 0 Å². The van der Waals surface area contributed by atoms with Gasteiger partial charge in [-0.2, -0.15) is 0 Å². The summed E-state index contributed by atoms with van der Waals surface area (Å²) >= 11 is 0. The normalized spacial score (nSPS) is 11.2. The van der Waals surface area contributed by atoms with E-state index in [4.69, 9.17) is 4.98 Å². The third kappa shape index (κ3) is 3.49. The Morgan fingerprint density at radius 2 is 1.54 bits per heavy atom. The first-order chi connectivity index (χ1) is 13.6. The van der Waals surface area contributed by atoms with Crippen LogP contribution in [0.15, 0.2) is 84.9 Å². The molecule has 0 atom stereocenters. The maximum Gasteiger partial charge on any atom is 0.188 e. The van der Waals surface area contributed by atoms with E-state index in [2.05, 4.69) is 19.1 Å². The number of ketones is 1. The van der Waals surface area contributed by atoms with Gasteiger partial charge in [-0.15, -0.1) is 0 Å². The monoisotopic (exact) mass is 363 g/mol. The van der Waals surface area contributed by atoms with Gasteiger partial charge in [0.05, 0.1) is 11.1 Å². The fraction of sp³-hybridized carbons (Fsp3) is 0.0769. The number of carbonyl (C=O) groups excluding carboxylic acids is 1. The lowest BCUT2D eigenvalue weighted by Gasteiger charge is -2.14. The Morgan fingerprint density at radius 1 is 0.857 bits per heavy atom. The zero-order valence-corrected chi connectivity index (χ0v) is 16.0. The van der Waals surface area contributed by atoms with E-state index >= 15 is 0 Å². The lowest BCUT2D eigenvalue weighted by Crippen LogP contribution is -2.05. The summed E-state index contributed by atoms with van der Waals surface area (Å²) in [5.41, 5.74) is 6.45. The second-order valence-corrected chi connectivity index (χ2v) is 6.94. The number of aromatic nitrogens is 1. The van der Waals surface area contributed by atoms with Gasteiger partial charge < -0.3 is 0 Å². The minimum atomic E-state index is -0.0314. The Hall–Kier alpha value is -3.52. The van der Waals surface area contributed by atoms with Gasteiger partial charge in [0.25, 0.3) is 0 Å². The zero-order chi connectivity index (χ0) is 19.5. The molecule has 0 aliphatic rings. The third-order valence-corrected chi connectivity index (χ3v) is 4.86. The van der Waals surface area contributed by atoms with Gasteiger partial charge in [-0.1, -0.05) is 78.4 Å². The molecule has 1 aromatic heterocycles. The SMILES string of the molecule is Cc1ccc2nc(C)c(C(=O)/C=C/c3ccccc3)c(-c3ccccc3)c2c1. The molecule has 0 radical (unpaired) electrons. The number of allylic oxidation sites excluding steroid dienone is 1. The van der Waals surface area contributed by atoms with E-state index in [9.17, 15) is 4.79 Å². The molecule has 0 aliphatic carbocycles. The van der Waals surface area contributed by atoms with E-state index in [1.54, 1.807) is 6.08 Å². The molecule has 0 saturated heterocycles. The molecule has 2 heteroatoms. The standard InChI is InChI=1S/C26H21NO/c1-18-13-15-23-22(17-18)26(21-11-7-4-8-12-21)25(19(2)27-23)24(28)16-14-20-9-5-3-6-10-20/h3-17H,1-2H3/b16-14+. The Morgan fingerprint density at radius 3 is 2.25 bits per heavy atom. The summed E-state index contributed by atoms with van der Waals surface area (Å²) in [6.45, 7) is 3.97. The Labute approximate surface area is 165 Å². The maximum absolute atomic E-state index is 13.2. The number of hydrogen-bond donors (Lipinski definition) is 0. The molecule has 4 aromatic rings. The van der Waals surface area contributed by atoms with Crippen molar-refractivity contribution in [3.05, 3.63) is 107 Å². The third-order valence-electron chi connectivity index (χ3n) is 4.86. The predicted octanol–water partition coefficient (Wildman–Crippen LogP) is 6.41. The molecule has 1 heterocycles. The number of carbonyl (C=O) groups is 1. The molecule has 136 valence electrons. The fourth-order valence-electron chi connectivity index (χ4n) is 3.53. The van der Waals surface area contributed by atoms with Crippen molar-refractivity contribution in [2.45, 2.75) is 13.8 Å². The van der Waals surface area contributed by atoms with Crippen molar-refractivity contribution in [1.29, 1.82) is 0 Å². The van der Waals surface area contributed by atoms with Gasteiger partial charge in [0.1, 0.15) is 0 Å². The first kappa shape index (κ1) is 17.9. The highest BCUT2D eigenvalue weighted by Crippen LogP contribution is 2.34. The van der Waals surface area contributed by atoms with Gasteiger partial charge in [-0.3, -0.25) is 9.78 Å². The zero-order valence-electron chi connectivity index (χ0n) is 16.0. The van der Waals surface area contributed by atoms with Crippen LogP contribution in [0.3, 0.4) is 0 Å².